The number of nitrogens with one attached hydrogen (secondary N) is 1. The number of para-hydroxylation sites is 3. The monoisotopic (exact) mass is 750 g/mol. The first kappa shape index (κ1) is 34.6. The Labute approximate surface area is 339 Å². The molecule has 6 aromatic carbocycles. The van der Waals surface area contributed by atoms with Crippen molar-refractivity contribution < 1.29 is 0 Å². The van der Waals surface area contributed by atoms with Crippen molar-refractivity contribution in [1.29, 1.82) is 0 Å². The van der Waals surface area contributed by atoms with E-state index in [1.807, 2.05) is 0 Å². The zero-order valence-corrected chi connectivity index (χ0v) is 33.9. The second kappa shape index (κ2) is 12.2. The Morgan fingerprint density at radius 1 is 0.483 bits per heavy atom. The van der Waals surface area contributed by atoms with E-state index in [0.717, 1.165) is 33.9 Å². The number of benzene rings is 6. The molecule has 282 valence electrons. The van der Waals surface area contributed by atoms with Gasteiger partial charge in [0.15, 0.2) is 0 Å². The fourth-order valence-electron chi connectivity index (χ4n) is 9.84. The summed E-state index contributed by atoms with van der Waals surface area (Å²) in [5.41, 5.74) is 14.7. The van der Waals surface area contributed by atoms with Crippen LogP contribution < -0.4 is 0 Å². The van der Waals surface area contributed by atoms with Crippen LogP contribution in [-0.2, 0) is 16.2 Å². The van der Waals surface area contributed by atoms with E-state index in [9.17, 15) is 0 Å². The van der Waals surface area contributed by atoms with Crippen molar-refractivity contribution in [1.82, 2.24) is 19.1 Å². The maximum atomic E-state index is 5.86. The molecule has 0 atom stereocenters. The number of pyridine rings is 1. The summed E-state index contributed by atoms with van der Waals surface area (Å²) >= 11 is 0. The van der Waals surface area contributed by atoms with E-state index in [2.05, 4.69) is 220 Å². The molecule has 0 bridgehead atoms. The average molecular weight is 751 g/mol. The lowest BCUT2D eigenvalue weighted by Crippen LogP contribution is -2.31. The van der Waals surface area contributed by atoms with Crippen LogP contribution in [0.2, 0.25) is 0 Å². The van der Waals surface area contributed by atoms with Crippen LogP contribution in [0.3, 0.4) is 0 Å². The standard InChI is InChI=1S/C54H46N4/c1-52(2,3)34-25-27-38-39-28-26-35(53(4,5)6)33-45(39)54(44(38)32-34,36-15-13-16-37(31-36)57-46-20-10-9-19-42(46)43-29-30-55-51(43)57)49-23-14-24-50(56-49)58-47-21-11-7-17-40(47)41-18-8-12-22-48(41)58/h7-33,55H,1-6H3. The normalized spacial score (nSPS) is 13.8. The number of aromatic nitrogens is 4. The van der Waals surface area contributed by atoms with Gasteiger partial charge in [0.1, 0.15) is 11.5 Å². The molecule has 1 N–H and O–H groups in total. The zero-order valence-electron chi connectivity index (χ0n) is 33.9. The molecule has 0 unspecified atom stereocenters. The number of hydrogen-bond donors (Lipinski definition) is 1. The van der Waals surface area contributed by atoms with Gasteiger partial charge >= 0.3 is 0 Å². The number of hydrogen-bond acceptors (Lipinski definition) is 1. The summed E-state index contributed by atoms with van der Waals surface area (Å²) in [6.07, 6.45) is 2.05. The first-order valence-corrected chi connectivity index (χ1v) is 20.5. The van der Waals surface area contributed by atoms with Gasteiger partial charge < -0.3 is 4.98 Å². The molecular weight excluding hydrogens is 705 g/mol. The van der Waals surface area contributed by atoms with Gasteiger partial charge in [0.2, 0.25) is 0 Å². The van der Waals surface area contributed by atoms with Crippen LogP contribution in [0.5, 0.6) is 0 Å². The highest BCUT2D eigenvalue weighted by Crippen LogP contribution is 2.57. The number of rotatable bonds is 4. The lowest BCUT2D eigenvalue weighted by Gasteiger charge is -2.35. The minimum atomic E-state index is -0.740. The van der Waals surface area contributed by atoms with E-state index in [0.29, 0.717) is 0 Å². The smallest absolute Gasteiger partial charge is 0.137 e. The second-order valence-electron chi connectivity index (χ2n) is 18.2. The Bertz CT molecular complexity index is 3150. The fraction of sp³-hybridized carbons (Fsp3) is 0.167. The van der Waals surface area contributed by atoms with Crippen LogP contribution in [0.25, 0.3) is 66.4 Å². The molecular formula is C54H46N4. The average Bonchev–Trinajstić information content (AvgIpc) is 3.98. The molecule has 0 amide bonds. The predicted molar refractivity (Wildman–Crippen MR) is 242 cm³/mol. The van der Waals surface area contributed by atoms with Crippen molar-refractivity contribution in [3.8, 4) is 22.6 Å². The molecule has 0 saturated heterocycles. The van der Waals surface area contributed by atoms with Crippen molar-refractivity contribution >= 4 is 43.7 Å². The van der Waals surface area contributed by atoms with Gasteiger partial charge in [0, 0.05) is 33.4 Å². The molecule has 4 aromatic heterocycles. The van der Waals surface area contributed by atoms with E-state index in [4.69, 9.17) is 4.98 Å². The third-order valence-corrected chi connectivity index (χ3v) is 12.7. The highest BCUT2D eigenvalue weighted by Gasteiger charge is 2.48. The maximum absolute atomic E-state index is 5.86. The van der Waals surface area contributed by atoms with Crippen molar-refractivity contribution in [2.45, 2.75) is 57.8 Å². The Hall–Kier alpha value is -6.65. The zero-order chi connectivity index (χ0) is 39.6. The lowest BCUT2D eigenvalue weighted by molar-refractivity contribution is 0.585. The Balaban J connectivity index is 1.27. The van der Waals surface area contributed by atoms with Crippen LogP contribution in [0.4, 0.5) is 0 Å². The molecule has 1 aliphatic carbocycles. The summed E-state index contributed by atoms with van der Waals surface area (Å²) in [5.74, 6) is 0.906. The van der Waals surface area contributed by atoms with Gasteiger partial charge in [-0.05, 0) is 98.3 Å². The molecule has 0 fully saturated rings. The van der Waals surface area contributed by atoms with Crippen molar-refractivity contribution in [3.63, 3.8) is 0 Å². The van der Waals surface area contributed by atoms with Crippen LogP contribution in [-0.4, -0.2) is 19.1 Å². The van der Waals surface area contributed by atoms with Gasteiger partial charge in [0.05, 0.1) is 27.7 Å². The third-order valence-electron chi connectivity index (χ3n) is 12.7. The van der Waals surface area contributed by atoms with Gasteiger partial charge in [-0.25, -0.2) is 4.98 Å². The molecule has 4 heterocycles. The van der Waals surface area contributed by atoms with Crippen LogP contribution in [0, 0.1) is 0 Å². The summed E-state index contributed by atoms with van der Waals surface area (Å²) in [6.45, 7) is 13.9. The Morgan fingerprint density at radius 3 is 1.60 bits per heavy atom. The molecule has 10 aromatic rings. The van der Waals surface area contributed by atoms with E-state index < -0.39 is 5.41 Å². The highest BCUT2D eigenvalue weighted by atomic mass is 15.1. The minimum Gasteiger partial charge on any atom is -0.347 e. The number of nitrogens with zero attached hydrogens (tertiary/aromatic N) is 3. The predicted octanol–water partition coefficient (Wildman–Crippen LogP) is 13.6. The minimum absolute atomic E-state index is 0.0600. The fourth-order valence-corrected chi connectivity index (χ4v) is 9.84. The van der Waals surface area contributed by atoms with Gasteiger partial charge in [0.25, 0.3) is 0 Å². The first-order chi connectivity index (χ1) is 28.0. The van der Waals surface area contributed by atoms with Crippen LogP contribution in [0.1, 0.15) is 75.1 Å². The second-order valence-corrected chi connectivity index (χ2v) is 18.2. The van der Waals surface area contributed by atoms with E-state index in [1.165, 1.54) is 66.0 Å². The van der Waals surface area contributed by atoms with Gasteiger partial charge in [-0.1, -0.05) is 151 Å². The van der Waals surface area contributed by atoms with Gasteiger partial charge in [-0.15, -0.1) is 0 Å². The summed E-state index contributed by atoms with van der Waals surface area (Å²) in [5, 5.41) is 4.91. The van der Waals surface area contributed by atoms with Crippen molar-refractivity contribution in [2.75, 3.05) is 0 Å². The number of H-pyrrole nitrogens is 1. The molecule has 58 heavy (non-hydrogen) atoms. The molecule has 0 aliphatic heterocycles. The van der Waals surface area contributed by atoms with E-state index >= 15 is 0 Å². The number of aromatic amines is 1. The Kier molecular flexibility index (Phi) is 7.26. The molecule has 0 radical (unpaired) electrons. The molecule has 4 heteroatoms. The molecule has 0 spiro atoms. The topological polar surface area (TPSA) is 38.5 Å². The summed E-state index contributed by atoms with van der Waals surface area (Å²) in [6, 6.07) is 58.6. The summed E-state index contributed by atoms with van der Waals surface area (Å²) < 4.78 is 4.73. The van der Waals surface area contributed by atoms with Crippen LogP contribution in [0.15, 0.2) is 164 Å². The molecule has 4 nitrogen and oxygen atoms in total. The molecule has 0 saturated carbocycles. The Morgan fingerprint density at radius 2 is 1.02 bits per heavy atom. The van der Waals surface area contributed by atoms with Gasteiger partial charge in [-0.2, -0.15) is 0 Å². The molecule has 1 aliphatic rings. The quantitative estimate of drug-likeness (QED) is 0.191. The lowest BCUT2D eigenvalue weighted by atomic mass is 9.68. The SMILES string of the molecule is CC(C)(C)c1ccc2c(c1)C(c1cccc(-n3c4ccccc4c4cc[nH]c43)c1)(c1cccc(-n3c4ccccc4c4ccccc43)n1)c1cc(C(C)(C)C)ccc1-2. The number of fused-ring (bicyclic) bond motifs is 9. The highest BCUT2D eigenvalue weighted by molar-refractivity contribution is 6.09. The van der Waals surface area contributed by atoms with Crippen LogP contribution >= 0.6 is 0 Å². The van der Waals surface area contributed by atoms with E-state index in [1.54, 1.807) is 0 Å². The third kappa shape index (κ3) is 4.84. The van der Waals surface area contributed by atoms with Crippen molar-refractivity contribution in [3.05, 3.63) is 197 Å². The largest absolute Gasteiger partial charge is 0.347 e. The summed E-state index contributed by atoms with van der Waals surface area (Å²) in [4.78, 5) is 9.45. The first-order valence-electron chi connectivity index (χ1n) is 20.5. The van der Waals surface area contributed by atoms with E-state index in [-0.39, 0.29) is 10.8 Å². The van der Waals surface area contributed by atoms with Crippen molar-refractivity contribution in [2.24, 2.45) is 0 Å². The summed E-state index contributed by atoms with van der Waals surface area (Å²) in [7, 11) is 0. The van der Waals surface area contributed by atoms with Gasteiger partial charge in [-0.3, -0.25) is 9.13 Å². The molecule has 11 rings (SSSR count). The maximum Gasteiger partial charge on any atom is 0.137 e.